The normalized spacial score (nSPS) is 11.0. The van der Waals surface area contributed by atoms with Crippen LogP contribution in [-0.2, 0) is 6.54 Å². The zero-order valence-electron chi connectivity index (χ0n) is 7.64. The number of nitrogens with zero attached hydrogens (tertiary/aromatic N) is 1. The maximum atomic E-state index is 2.38. The molecule has 2 heteroatoms. The van der Waals surface area contributed by atoms with Gasteiger partial charge in [-0.2, -0.15) is 0 Å². The van der Waals surface area contributed by atoms with Crippen LogP contribution < -0.4 is 0 Å². The van der Waals surface area contributed by atoms with Crippen molar-refractivity contribution in [2.45, 2.75) is 20.4 Å². The molecule has 0 aliphatic rings. The molecule has 0 spiro atoms. The van der Waals surface area contributed by atoms with Gasteiger partial charge in [-0.25, -0.2) is 0 Å². The van der Waals surface area contributed by atoms with Crippen LogP contribution in [0.3, 0.4) is 0 Å². The average Bonchev–Trinajstić information content (AvgIpc) is 2.18. The van der Waals surface area contributed by atoms with E-state index in [4.69, 9.17) is 0 Å². The summed E-state index contributed by atoms with van der Waals surface area (Å²) in [5, 5.41) is 0. The van der Waals surface area contributed by atoms with Gasteiger partial charge in [0.2, 0.25) is 0 Å². The molecule has 11 heavy (non-hydrogen) atoms. The van der Waals surface area contributed by atoms with E-state index < -0.39 is 0 Å². The Labute approximate surface area is 74.8 Å². The molecule has 0 aliphatic heterocycles. The van der Waals surface area contributed by atoms with E-state index in [2.05, 4.69) is 37.8 Å². The summed E-state index contributed by atoms with van der Waals surface area (Å²) in [6.45, 7) is 5.58. The van der Waals surface area contributed by atoms with Gasteiger partial charge in [0.05, 0.1) is 0 Å². The third kappa shape index (κ3) is 2.19. The summed E-state index contributed by atoms with van der Waals surface area (Å²) in [7, 11) is 4.26. The Balaban J connectivity index is 2.79. The molecule has 0 aromatic carbocycles. The molecule has 0 atom stereocenters. The van der Waals surface area contributed by atoms with Crippen molar-refractivity contribution >= 4 is 14.5 Å². The van der Waals surface area contributed by atoms with Gasteiger partial charge in [0, 0.05) is 0 Å². The maximum absolute atomic E-state index is 2.38. The van der Waals surface area contributed by atoms with Crippen LogP contribution in [0.4, 0.5) is 0 Å². The predicted octanol–water partition coefficient (Wildman–Crippen LogP) is 1.42. The first-order chi connectivity index (χ1) is 5.11. The predicted molar refractivity (Wildman–Crippen MR) is 50.2 cm³/mol. The molecule has 1 aromatic heterocycles. The first-order valence-electron chi connectivity index (χ1n) is 3.79. The number of hydrogen-bond acceptors (Lipinski definition) is 1. The van der Waals surface area contributed by atoms with Crippen molar-refractivity contribution in [3.05, 3.63) is 20.5 Å². The molecular formula is C9H15NSe. The molecular weight excluding hydrogens is 201 g/mol. The zero-order chi connectivity index (χ0) is 8.43. The van der Waals surface area contributed by atoms with E-state index in [1.807, 2.05) is 0 Å². The fourth-order valence-corrected chi connectivity index (χ4v) is 3.45. The molecule has 0 N–H and O–H groups in total. The monoisotopic (exact) mass is 217 g/mol. The van der Waals surface area contributed by atoms with Crippen molar-refractivity contribution in [1.82, 2.24) is 4.90 Å². The van der Waals surface area contributed by atoms with Crippen molar-refractivity contribution < 1.29 is 0 Å². The van der Waals surface area contributed by atoms with Gasteiger partial charge in [0.15, 0.2) is 0 Å². The Kier molecular flexibility index (Phi) is 2.94. The van der Waals surface area contributed by atoms with E-state index in [0.29, 0.717) is 14.5 Å². The van der Waals surface area contributed by atoms with Crippen LogP contribution in [-0.4, -0.2) is 33.5 Å². The molecule has 0 aliphatic carbocycles. The van der Waals surface area contributed by atoms with Gasteiger partial charge in [0.25, 0.3) is 0 Å². The van der Waals surface area contributed by atoms with Crippen molar-refractivity contribution in [3.63, 3.8) is 0 Å². The number of rotatable bonds is 2. The van der Waals surface area contributed by atoms with Crippen LogP contribution in [0.5, 0.6) is 0 Å². The third-order valence-electron chi connectivity index (χ3n) is 1.85. The van der Waals surface area contributed by atoms with Gasteiger partial charge >= 0.3 is 74.4 Å². The Morgan fingerprint density at radius 3 is 2.36 bits per heavy atom. The topological polar surface area (TPSA) is 3.24 Å². The van der Waals surface area contributed by atoms with Gasteiger partial charge in [-0.15, -0.1) is 0 Å². The van der Waals surface area contributed by atoms with E-state index >= 15 is 0 Å². The molecule has 1 nitrogen and oxygen atoms in total. The average molecular weight is 216 g/mol. The second-order valence-electron chi connectivity index (χ2n) is 3.20. The molecule has 0 bridgehead atoms. The molecule has 1 aromatic rings. The molecule has 0 amide bonds. The van der Waals surface area contributed by atoms with Gasteiger partial charge in [0.1, 0.15) is 0 Å². The van der Waals surface area contributed by atoms with Gasteiger partial charge in [-0.1, -0.05) is 0 Å². The van der Waals surface area contributed by atoms with Crippen LogP contribution in [0, 0.1) is 13.8 Å². The fraction of sp³-hybridized carbons (Fsp3) is 0.556. The summed E-state index contributed by atoms with van der Waals surface area (Å²) in [6.07, 6.45) is 0. The Morgan fingerprint density at radius 1 is 1.36 bits per heavy atom. The molecule has 0 unspecified atom stereocenters. The van der Waals surface area contributed by atoms with Gasteiger partial charge in [-0.3, -0.25) is 0 Å². The van der Waals surface area contributed by atoms with Crippen LogP contribution in [0.15, 0.2) is 4.94 Å². The van der Waals surface area contributed by atoms with E-state index in [1.54, 1.807) is 4.44 Å². The van der Waals surface area contributed by atoms with Crippen molar-refractivity contribution in [1.29, 1.82) is 0 Å². The molecule has 1 heterocycles. The Bertz CT molecular complexity index is 238. The van der Waals surface area contributed by atoms with Crippen LogP contribution in [0.2, 0.25) is 0 Å². The second-order valence-corrected chi connectivity index (χ2v) is 5.23. The van der Waals surface area contributed by atoms with Crippen LogP contribution >= 0.6 is 0 Å². The third-order valence-corrected chi connectivity index (χ3v) is 4.35. The van der Waals surface area contributed by atoms with Crippen LogP contribution in [0.25, 0.3) is 0 Å². The van der Waals surface area contributed by atoms with E-state index in [0.717, 1.165) is 6.54 Å². The number of aryl methyl sites for hydroxylation is 1. The van der Waals surface area contributed by atoms with Crippen molar-refractivity contribution in [2.24, 2.45) is 0 Å². The summed E-state index contributed by atoms with van der Waals surface area (Å²) >= 11 is 0.637. The SMILES string of the molecule is Cc1c[se]c(CN(C)C)c1C. The summed E-state index contributed by atoms with van der Waals surface area (Å²) < 4.78 is 1.64. The minimum absolute atomic E-state index is 0.637. The Morgan fingerprint density at radius 2 is 2.00 bits per heavy atom. The molecule has 0 radical (unpaired) electrons. The second kappa shape index (κ2) is 3.57. The summed E-state index contributed by atoms with van der Waals surface area (Å²) in [5.41, 5.74) is 3.01. The van der Waals surface area contributed by atoms with E-state index in [1.165, 1.54) is 11.1 Å². The molecule has 0 saturated carbocycles. The first-order valence-corrected chi connectivity index (χ1v) is 5.64. The summed E-state index contributed by atoms with van der Waals surface area (Å²) in [5.74, 6) is 0. The summed E-state index contributed by atoms with van der Waals surface area (Å²) in [6, 6.07) is 0. The zero-order valence-corrected chi connectivity index (χ0v) is 9.35. The molecule has 62 valence electrons. The van der Waals surface area contributed by atoms with Crippen LogP contribution in [0.1, 0.15) is 15.6 Å². The Hall–Kier alpha value is -0.0405. The van der Waals surface area contributed by atoms with Gasteiger partial charge < -0.3 is 0 Å². The molecule has 0 saturated heterocycles. The quantitative estimate of drug-likeness (QED) is 0.676. The van der Waals surface area contributed by atoms with E-state index in [9.17, 15) is 0 Å². The van der Waals surface area contributed by atoms with Crippen molar-refractivity contribution in [2.75, 3.05) is 14.1 Å². The molecule has 1 rings (SSSR count). The van der Waals surface area contributed by atoms with Gasteiger partial charge in [-0.05, 0) is 0 Å². The minimum atomic E-state index is 0.637. The first kappa shape index (κ1) is 9.05. The standard InChI is InChI=1S/C9H15NSe/c1-7-6-11-9(8(7)2)5-10(3)4/h6H,5H2,1-4H3. The fourth-order valence-electron chi connectivity index (χ4n) is 0.999. The summed E-state index contributed by atoms with van der Waals surface area (Å²) in [4.78, 5) is 4.62. The number of hydrogen-bond donors (Lipinski definition) is 0. The van der Waals surface area contributed by atoms with Crippen molar-refractivity contribution in [3.8, 4) is 0 Å². The molecule has 0 fully saturated rings. The van der Waals surface area contributed by atoms with E-state index in [-0.39, 0.29) is 0 Å².